The van der Waals surface area contributed by atoms with Crippen LogP contribution in [-0.4, -0.2) is 21.6 Å². The van der Waals surface area contributed by atoms with Gasteiger partial charge in [-0.3, -0.25) is 0 Å². The second-order valence-electron chi connectivity index (χ2n) is 7.21. The zero-order valence-electron chi connectivity index (χ0n) is 18.9. The molecule has 3 aromatic carbocycles. The molecule has 0 saturated heterocycles. The first kappa shape index (κ1) is 25.3. The van der Waals surface area contributed by atoms with Gasteiger partial charge in [0.1, 0.15) is 12.4 Å². The summed E-state index contributed by atoms with van der Waals surface area (Å²) in [4.78, 5) is 0.199. The summed E-state index contributed by atoms with van der Waals surface area (Å²) in [5, 5.41) is 0. The van der Waals surface area contributed by atoms with Crippen LogP contribution in [0.4, 0.5) is 0 Å². The van der Waals surface area contributed by atoms with Crippen molar-refractivity contribution in [2.75, 3.05) is 13.2 Å². The number of nitrogens with one attached hydrogen (secondary N) is 1. The highest BCUT2D eigenvalue weighted by molar-refractivity contribution is 7.89. The highest BCUT2D eigenvalue weighted by atomic mass is 32.2. The van der Waals surface area contributed by atoms with Crippen LogP contribution in [-0.2, 0) is 38.4 Å². The molecule has 8 heteroatoms. The average Bonchev–Trinajstić information content (AvgIpc) is 2.84. The van der Waals surface area contributed by atoms with Gasteiger partial charge in [0.15, 0.2) is 8.38 Å². The van der Waals surface area contributed by atoms with Crippen molar-refractivity contribution in [1.29, 1.82) is 0 Å². The lowest BCUT2D eigenvalue weighted by molar-refractivity contribution is 0.268. The molecule has 0 radical (unpaired) electrons. The molecular weight excluding hydrogens is 457 g/mol. The first-order chi connectivity index (χ1) is 16.0. The van der Waals surface area contributed by atoms with Crippen molar-refractivity contribution in [2.45, 2.75) is 38.1 Å². The number of ether oxygens (including phenoxy) is 1. The summed E-state index contributed by atoms with van der Waals surface area (Å²) in [5.74, 6) is 0.618. The van der Waals surface area contributed by atoms with E-state index in [0.717, 1.165) is 16.7 Å². The number of sulfonamides is 1. The minimum Gasteiger partial charge on any atom is -0.489 e. The molecule has 0 saturated carbocycles. The third-order valence-corrected chi connectivity index (χ3v) is 7.86. The van der Waals surface area contributed by atoms with Crippen molar-refractivity contribution in [3.8, 4) is 5.75 Å². The topological polar surface area (TPSA) is 73.9 Å². The van der Waals surface area contributed by atoms with Gasteiger partial charge in [-0.1, -0.05) is 54.6 Å². The molecule has 3 aromatic rings. The molecule has 0 heterocycles. The van der Waals surface area contributed by atoms with Gasteiger partial charge >= 0.3 is 0 Å². The quantitative estimate of drug-likeness (QED) is 0.316. The van der Waals surface area contributed by atoms with Crippen molar-refractivity contribution in [2.24, 2.45) is 0 Å². The lowest BCUT2D eigenvalue weighted by atomic mass is 10.1. The number of hydrogen-bond donors (Lipinski definition) is 1. The molecule has 3 rings (SSSR count). The summed E-state index contributed by atoms with van der Waals surface area (Å²) in [5.41, 5.74) is 3.03. The summed E-state index contributed by atoms with van der Waals surface area (Å²) in [6.45, 7) is 5.78. The molecule has 0 aromatic heterocycles. The Labute approximate surface area is 197 Å². The van der Waals surface area contributed by atoms with Crippen LogP contribution in [0.5, 0.6) is 5.75 Å². The zero-order valence-corrected chi connectivity index (χ0v) is 20.6. The first-order valence-electron chi connectivity index (χ1n) is 10.9. The largest absolute Gasteiger partial charge is 0.489 e. The van der Waals surface area contributed by atoms with Gasteiger partial charge in [0.25, 0.3) is 0 Å². The number of hydrogen-bond acceptors (Lipinski definition) is 5. The number of rotatable bonds is 13. The second-order valence-corrected chi connectivity index (χ2v) is 10.5. The van der Waals surface area contributed by atoms with Crippen LogP contribution in [0.25, 0.3) is 0 Å². The van der Waals surface area contributed by atoms with Crippen molar-refractivity contribution in [3.63, 3.8) is 0 Å². The van der Waals surface area contributed by atoms with Gasteiger partial charge in [0.05, 0.1) is 18.1 Å². The Morgan fingerprint density at radius 3 is 1.97 bits per heavy atom. The van der Waals surface area contributed by atoms with Gasteiger partial charge in [0.2, 0.25) is 10.0 Å². The molecule has 33 heavy (non-hydrogen) atoms. The highest BCUT2D eigenvalue weighted by Crippen LogP contribution is 2.41. The average molecular weight is 488 g/mol. The van der Waals surface area contributed by atoms with E-state index in [9.17, 15) is 8.42 Å². The van der Waals surface area contributed by atoms with Crippen LogP contribution in [0, 0.1) is 0 Å². The van der Waals surface area contributed by atoms with Gasteiger partial charge in [-0.15, -0.1) is 0 Å². The molecule has 0 amide bonds. The van der Waals surface area contributed by atoms with Crippen LogP contribution in [0.3, 0.4) is 0 Å². The summed E-state index contributed by atoms with van der Waals surface area (Å²) >= 11 is 0. The Morgan fingerprint density at radius 2 is 1.36 bits per heavy atom. The number of benzene rings is 3. The van der Waals surface area contributed by atoms with Gasteiger partial charge in [-0.2, -0.15) is 0 Å². The summed E-state index contributed by atoms with van der Waals surface area (Å²) < 4.78 is 45.0. The van der Waals surface area contributed by atoms with Gasteiger partial charge in [0, 0.05) is 12.7 Å². The third kappa shape index (κ3) is 8.22. The molecule has 176 valence electrons. The Hall–Kier alpha value is -2.28. The van der Waals surface area contributed by atoms with Gasteiger partial charge in [-0.05, 0) is 54.8 Å². The molecule has 0 spiro atoms. The SMILES string of the molecule is CCOP(Cc1ccc(CNS(=O)(=O)c2ccc(OCc3ccccc3)cc2)cc1)OCC. The predicted molar refractivity (Wildman–Crippen MR) is 132 cm³/mol. The zero-order chi connectivity index (χ0) is 23.5. The molecule has 0 unspecified atom stereocenters. The van der Waals surface area contributed by atoms with Crippen LogP contribution < -0.4 is 9.46 Å². The normalized spacial score (nSPS) is 11.6. The fourth-order valence-corrected chi connectivity index (χ4v) is 5.41. The third-order valence-electron chi connectivity index (χ3n) is 4.73. The van der Waals surface area contributed by atoms with Crippen molar-refractivity contribution >= 4 is 18.4 Å². The first-order valence-corrected chi connectivity index (χ1v) is 13.7. The lowest BCUT2D eigenvalue weighted by Crippen LogP contribution is -2.23. The van der Waals surface area contributed by atoms with E-state index in [0.29, 0.717) is 31.7 Å². The monoisotopic (exact) mass is 487 g/mol. The van der Waals surface area contributed by atoms with Crippen LogP contribution in [0.1, 0.15) is 30.5 Å². The lowest BCUT2D eigenvalue weighted by Gasteiger charge is -2.15. The molecule has 0 aliphatic carbocycles. The minimum atomic E-state index is -3.63. The standard InChI is InChI=1S/C25H30NO5PS/c1-3-30-32(31-4-2)20-23-12-10-21(11-13-23)18-26-33(27,28)25-16-14-24(15-17-25)29-19-22-8-6-5-7-9-22/h5-17,26H,3-4,18-20H2,1-2H3. The van der Waals surface area contributed by atoms with Crippen LogP contribution in [0.2, 0.25) is 0 Å². The van der Waals surface area contributed by atoms with E-state index >= 15 is 0 Å². The van der Waals surface area contributed by atoms with E-state index in [4.69, 9.17) is 13.8 Å². The molecule has 0 bridgehead atoms. The van der Waals surface area contributed by atoms with Crippen LogP contribution >= 0.6 is 8.38 Å². The van der Waals surface area contributed by atoms with E-state index in [1.807, 2.05) is 68.4 Å². The molecular formula is C25H30NO5PS. The van der Waals surface area contributed by atoms with Gasteiger partial charge < -0.3 is 13.8 Å². The fourth-order valence-electron chi connectivity index (χ4n) is 3.05. The predicted octanol–water partition coefficient (Wildman–Crippen LogP) is 5.63. The molecule has 0 atom stereocenters. The maximum absolute atomic E-state index is 12.7. The van der Waals surface area contributed by atoms with E-state index in [1.54, 1.807) is 24.3 Å². The van der Waals surface area contributed by atoms with Crippen molar-refractivity contribution in [3.05, 3.63) is 95.6 Å². The highest BCUT2D eigenvalue weighted by Gasteiger charge is 2.14. The Morgan fingerprint density at radius 1 is 0.758 bits per heavy atom. The summed E-state index contributed by atoms with van der Waals surface area (Å²) in [6.07, 6.45) is 0.710. The Bertz CT molecular complexity index is 1070. The van der Waals surface area contributed by atoms with Crippen LogP contribution in [0.15, 0.2) is 83.8 Å². The summed E-state index contributed by atoms with van der Waals surface area (Å²) in [6, 6.07) is 24.1. The second kappa shape index (κ2) is 12.8. The molecule has 0 aliphatic heterocycles. The molecule has 0 aliphatic rings. The van der Waals surface area contributed by atoms with E-state index in [1.165, 1.54) is 0 Å². The molecule has 0 fully saturated rings. The fraction of sp³-hybridized carbons (Fsp3) is 0.280. The molecule has 6 nitrogen and oxygen atoms in total. The summed E-state index contributed by atoms with van der Waals surface area (Å²) in [7, 11) is -4.57. The maximum atomic E-state index is 12.7. The maximum Gasteiger partial charge on any atom is 0.240 e. The Kier molecular flexibility index (Phi) is 9.85. The van der Waals surface area contributed by atoms with E-state index in [-0.39, 0.29) is 11.4 Å². The van der Waals surface area contributed by atoms with Crippen molar-refractivity contribution < 1.29 is 22.2 Å². The van der Waals surface area contributed by atoms with Crippen molar-refractivity contribution in [1.82, 2.24) is 4.72 Å². The molecule has 1 N–H and O–H groups in total. The smallest absolute Gasteiger partial charge is 0.240 e. The Balaban J connectivity index is 1.52. The van der Waals surface area contributed by atoms with E-state index in [2.05, 4.69) is 4.72 Å². The van der Waals surface area contributed by atoms with Gasteiger partial charge in [-0.25, -0.2) is 13.1 Å². The minimum absolute atomic E-state index is 0.199. The van der Waals surface area contributed by atoms with E-state index < -0.39 is 18.4 Å².